The highest BCUT2D eigenvalue weighted by atomic mass is 15.1. The van der Waals surface area contributed by atoms with Gasteiger partial charge in [-0.05, 0) is 47.7 Å². The van der Waals surface area contributed by atoms with E-state index < -0.39 is 0 Å². The SMILES string of the molecule is Cc1c(N)cc(CN=[N+]=[N-])c(C)c1CN. The number of nitrogens with two attached hydrogens (primary N) is 2. The molecule has 0 fully saturated rings. The third-order valence-corrected chi connectivity index (χ3v) is 2.66. The summed E-state index contributed by atoms with van der Waals surface area (Å²) in [4.78, 5) is 2.73. The summed E-state index contributed by atoms with van der Waals surface area (Å²) in [5, 5.41) is 3.53. The summed E-state index contributed by atoms with van der Waals surface area (Å²) >= 11 is 0. The number of nitrogen functional groups attached to an aromatic ring is 1. The zero-order valence-electron chi connectivity index (χ0n) is 8.99. The van der Waals surface area contributed by atoms with Gasteiger partial charge in [0, 0.05) is 17.1 Å². The van der Waals surface area contributed by atoms with Gasteiger partial charge < -0.3 is 11.5 Å². The predicted molar refractivity (Wildman–Crippen MR) is 61.1 cm³/mol. The first-order chi connectivity index (χ1) is 7.11. The van der Waals surface area contributed by atoms with Gasteiger partial charge in [0.2, 0.25) is 0 Å². The molecule has 0 saturated heterocycles. The number of hydrogen-bond donors (Lipinski definition) is 2. The van der Waals surface area contributed by atoms with Gasteiger partial charge in [-0.25, -0.2) is 0 Å². The fraction of sp³-hybridized carbons (Fsp3) is 0.400. The highest BCUT2D eigenvalue weighted by Crippen LogP contribution is 2.24. The average molecular weight is 205 g/mol. The molecular weight excluding hydrogens is 190 g/mol. The summed E-state index contributed by atoms with van der Waals surface area (Å²) in [5.41, 5.74) is 24.5. The van der Waals surface area contributed by atoms with Crippen molar-refractivity contribution in [2.24, 2.45) is 10.8 Å². The van der Waals surface area contributed by atoms with Crippen molar-refractivity contribution in [3.8, 4) is 0 Å². The zero-order chi connectivity index (χ0) is 11.4. The third-order valence-electron chi connectivity index (χ3n) is 2.66. The highest BCUT2D eigenvalue weighted by molar-refractivity contribution is 5.56. The smallest absolute Gasteiger partial charge is 0.0514 e. The van der Waals surface area contributed by atoms with E-state index in [4.69, 9.17) is 17.0 Å². The molecule has 4 N–H and O–H groups in total. The van der Waals surface area contributed by atoms with E-state index in [1.54, 1.807) is 0 Å². The van der Waals surface area contributed by atoms with Crippen LogP contribution < -0.4 is 11.5 Å². The number of hydrogen-bond acceptors (Lipinski definition) is 3. The minimum atomic E-state index is 0.319. The van der Waals surface area contributed by atoms with Gasteiger partial charge in [0.05, 0.1) is 6.54 Å². The molecule has 0 heterocycles. The first kappa shape index (κ1) is 11.4. The lowest BCUT2D eigenvalue weighted by molar-refractivity contribution is 0.975. The molecule has 0 aliphatic heterocycles. The number of azide groups is 1. The molecule has 5 heteroatoms. The Bertz CT molecular complexity index is 418. The van der Waals surface area contributed by atoms with Crippen LogP contribution in [0.3, 0.4) is 0 Å². The molecule has 1 rings (SSSR count). The van der Waals surface area contributed by atoms with E-state index in [0.29, 0.717) is 18.8 Å². The van der Waals surface area contributed by atoms with Crippen LogP contribution in [0.15, 0.2) is 11.2 Å². The molecule has 0 amide bonds. The van der Waals surface area contributed by atoms with E-state index in [9.17, 15) is 0 Å². The van der Waals surface area contributed by atoms with Gasteiger partial charge >= 0.3 is 0 Å². The molecule has 0 radical (unpaired) electrons. The molecule has 80 valence electrons. The van der Waals surface area contributed by atoms with Crippen molar-refractivity contribution in [3.63, 3.8) is 0 Å². The summed E-state index contributed by atoms with van der Waals surface area (Å²) in [7, 11) is 0. The van der Waals surface area contributed by atoms with E-state index in [-0.39, 0.29) is 0 Å². The number of benzene rings is 1. The van der Waals surface area contributed by atoms with Crippen molar-refractivity contribution in [1.82, 2.24) is 0 Å². The molecule has 1 aromatic carbocycles. The monoisotopic (exact) mass is 205 g/mol. The van der Waals surface area contributed by atoms with Crippen molar-refractivity contribution in [2.45, 2.75) is 26.9 Å². The van der Waals surface area contributed by atoms with E-state index in [1.165, 1.54) is 0 Å². The second kappa shape index (κ2) is 4.68. The van der Waals surface area contributed by atoms with E-state index in [2.05, 4.69) is 10.0 Å². The Hall–Kier alpha value is -1.71. The van der Waals surface area contributed by atoms with E-state index in [1.807, 2.05) is 19.9 Å². The van der Waals surface area contributed by atoms with Gasteiger partial charge in [-0.3, -0.25) is 0 Å². The maximum absolute atomic E-state index is 8.27. The van der Waals surface area contributed by atoms with Crippen molar-refractivity contribution in [3.05, 3.63) is 38.8 Å². The Labute approximate surface area is 88.7 Å². The highest BCUT2D eigenvalue weighted by Gasteiger charge is 2.08. The van der Waals surface area contributed by atoms with Gasteiger partial charge in [-0.15, -0.1) is 0 Å². The average Bonchev–Trinajstić information content (AvgIpc) is 2.22. The van der Waals surface area contributed by atoms with Gasteiger partial charge in [0.1, 0.15) is 0 Å². The minimum absolute atomic E-state index is 0.319. The standard InChI is InChI=1S/C10H15N5/c1-6-8(5-14-15-13)3-10(12)7(2)9(6)4-11/h3H,4-5,11-12H2,1-2H3. The number of anilines is 1. The molecule has 0 aromatic heterocycles. The lowest BCUT2D eigenvalue weighted by Gasteiger charge is -2.14. The lowest BCUT2D eigenvalue weighted by Crippen LogP contribution is -2.07. The minimum Gasteiger partial charge on any atom is -0.398 e. The first-order valence-electron chi connectivity index (χ1n) is 4.70. The Morgan fingerprint density at radius 2 is 2.07 bits per heavy atom. The van der Waals surface area contributed by atoms with Crippen LogP contribution in [0, 0.1) is 13.8 Å². The molecule has 0 saturated carbocycles. The van der Waals surface area contributed by atoms with Crippen LogP contribution in [0.4, 0.5) is 5.69 Å². The van der Waals surface area contributed by atoms with Crippen molar-refractivity contribution >= 4 is 5.69 Å². The fourth-order valence-corrected chi connectivity index (χ4v) is 1.63. The topological polar surface area (TPSA) is 101 Å². The maximum Gasteiger partial charge on any atom is 0.0514 e. The second-order valence-corrected chi connectivity index (χ2v) is 3.45. The largest absolute Gasteiger partial charge is 0.398 e. The lowest BCUT2D eigenvalue weighted by atomic mass is 9.96. The molecule has 0 spiro atoms. The van der Waals surface area contributed by atoms with Crippen LogP contribution in [0.1, 0.15) is 22.3 Å². The summed E-state index contributed by atoms with van der Waals surface area (Å²) < 4.78 is 0. The van der Waals surface area contributed by atoms with Crippen molar-refractivity contribution in [1.29, 1.82) is 0 Å². The summed E-state index contributed by atoms with van der Waals surface area (Å²) in [6, 6.07) is 1.85. The molecule has 5 nitrogen and oxygen atoms in total. The zero-order valence-corrected chi connectivity index (χ0v) is 8.99. The molecule has 1 aromatic rings. The quantitative estimate of drug-likeness (QED) is 0.342. The Morgan fingerprint density at radius 3 is 2.60 bits per heavy atom. The van der Waals surface area contributed by atoms with Crippen molar-refractivity contribution in [2.75, 3.05) is 5.73 Å². The molecule has 0 bridgehead atoms. The normalized spacial score (nSPS) is 9.80. The fourth-order valence-electron chi connectivity index (χ4n) is 1.63. The predicted octanol–water partition coefficient (Wildman–Crippen LogP) is 2.15. The third kappa shape index (κ3) is 2.21. The van der Waals surface area contributed by atoms with Crippen LogP contribution in [0.2, 0.25) is 0 Å². The molecule has 0 aliphatic rings. The van der Waals surface area contributed by atoms with Crippen LogP contribution in [-0.4, -0.2) is 0 Å². The van der Waals surface area contributed by atoms with Crippen LogP contribution >= 0.6 is 0 Å². The van der Waals surface area contributed by atoms with Crippen LogP contribution in [0.25, 0.3) is 10.4 Å². The number of rotatable bonds is 3. The molecule has 0 unspecified atom stereocenters. The second-order valence-electron chi connectivity index (χ2n) is 3.45. The maximum atomic E-state index is 8.27. The van der Waals surface area contributed by atoms with Crippen LogP contribution in [-0.2, 0) is 13.1 Å². The van der Waals surface area contributed by atoms with E-state index in [0.717, 1.165) is 22.3 Å². The first-order valence-corrected chi connectivity index (χ1v) is 4.70. The Kier molecular flexibility index (Phi) is 3.55. The van der Waals surface area contributed by atoms with Crippen molar-refractivity contribution < 1.29 is 0 Å². The van der Waals surface area contributed by atoms with Gasteiger partial charge in [-0.1, -0.05) is 5.11 Å². The molecule has 0 aliphatic carbocycles. The molecule has 0 atom stereocenters. The number of nitrogens with zero attached hydrogens (tertiary/aromatic N) is 3. The summed E-state index contributed by atoms with van der Waals surface area (Å²) in [5.74, 6) is 0. The Balaban J connectivity index is 3.29. The Morgan fingerprint density at radius 1 is 1.40 bits per heavy atom. The van der Waals surface area contributed by atoms with Crippen LogP contribution in [0.5, 0.6) is 0 Å². The summed E-state index contributed by atoms with van der Waals surface area (Å²) in [6.45, 7) is 4.69. The van der Waals surface area contributed by atoms with E-state index >= 15 is 0 Å². The van der Waals surface area contributed by atoms with Gasteiger partial charge in [0.25, 0.3) is 0 Å². The van der Waals surface area contributed by atoms with Gasteiger partial charge in [-0.2, -0.15) is 0 Å². The molecule has 15 heavy (non-hydrogen) atoms. The molecular formula is C10H15N5. The summed E-state index contributed by atoms with van der Waals surface area (Å²) in [6.07, 6.45) is 0. The van der Waals surface area contributed by atoms with Gasteiger partial charge in [0.15, 0.2) is 0 Å².